The van der Waals surface area contributed by atoms with E-state index in [1.807, 2.05) is 18.2 Å². The summed E-state index contributed by atoms with van der Waals surface area (Å²) in [6.45, 7) is 10.3. The second kappa shape index (κ2) is 13.2. The minimum Gasteiger partial charge on any atom is -0.462 e. The number of alkyl halides is 1. The topological polar surface area (TPSA) is 88.8 Å². The fourth-order valence-corrected chi connectivity index (χ4v) is 7.23. The van der Waals surface area contributed by atoms with Crippen LogP contribution in [-0.2, 0) is 17.8 Å². The van der Waals surface area contributed by atoms with Gasteiger partial charge in [-0.05, 0) is 56.3 Å². The molecule has 2 saturated heterocycles. The highest BCUT2D eigenvalue weighted by Crippen LogP contribution is 2.37. The Hall–Kier alpha value is -3.94. The summed E-state index contributed by atoms with van der Waals surface area (Å²) in [5, 5.41) is 12.3. The minimum atomic E-state index is -1.18. The Labute approximate surface area is 268 Å². The van der Waals surface area contributed by atoms with E-state index in [0.717, 1.165) is 53.0 Å². The fraction of sp³-hybridized carbons (Fsp3) is 0.471. The van der Waals surface area contributed by atoms with Crippen LogP contribution in [0.5, 0.6) is 6.01 Å². The number of hydrogen-bond donors (Lipinski definition) is 0. The molecule has 0 saturated carbocycles. The van der Waals surface area contributed by atoms with Crippen molar-refractivity contribution in [2.24, 2.45) is 0 Å². The van der Waals surface area contributed by atoms with Gasteiger partial charge in [-0.1, -0.05) is 42.4 Å². The number of carbonyl (C=O) groups is 1. The highest BCUT2D eigenvalue weighted by Gasteiger charge is 2.34. The van der Waals surface area contributed by atoms with Gasteiger partial charge in [-0.2, -0.15) is 15.2 Å². The van der Waals surface area contributed by atoms with Crippen LogP contribution in [0, 0.1) is 11.3 Å². The van der Waals surface area contributed by atoms with Gasteiger partial charge in [0.15, 0.2) is 0 Å². The summed E-state index contributed by atoms with van der Waals surface area (Å²) in [4.78, 5) is 30.7. The Bertz CT molecular complexity index is 1620. The molecular formula is C34H39ClFN7O2. The number of nitrogens with zero attached hydrogens (tertiary/aromatic N) is 7. The van der Waals surface area contributed by atoms with Crippen LogP contribution < -0.4 is 14.5 Å². The van der Waals surface area contributed by atoms with Crippen molar-refractivity contribution in [3.05, 3.63) is 65.3 Å². The minimum absolute atomic E-state index is 0.171. The molecule has 11 heteroatoms. The summed E-state index contributed by atoms with van der Waals surface area (Å²) >= 11 is 6.69. The number of nitriles is 1. The molecule has 3 aliphatic rings. The molecule has 1 unspecified atom stereocenters. The maximum atomic E-state index is 14.6. The zero-order valence-corrected chi connectivity index (χ0v) is 26.5. The number of amides is 1. The van der Waals surface area contributed by atoms with Crippen molar-refractivity contribution in [2.75, 3.05) is 62.2 Å². The van der Waals surface area contributed by atoms with Crippen LogP contribution in [0.15, 0.2) is 49.1 Å². The number of anilines is 2. The van der Waals surface area contributed by atoms with E-state index in [1.165, 1.54) is 6.08 Å². The van der Waals surface area contributed by atoms with Gasteiger partial charge < -0.3 is 19.4 Å². The van der Waals surface area contributed by atoms with Crippen LogP contribution in [0.2, 0.25) is 5.02 Å². The second-order valence-corrected chi connectivity index (χ2v) is 12.8. The number of piperidine rings is 1. The van der Waals surface area contributed by atoms with Gasteiger partial charge >= 0.3 is 6.01 Å². The predicted molar refractivity (Wildman–Crippen MR) is 175 cm³/mol. The molecule has 9 nitrogen and oxygen atoms in total. The summed E-state index contributed by atoms with van der Waals surface area (Å²) in [6, 6.07) is 14.4. The average molecular weight is 632 g/mol. The predicted octanol–water partition coefficient (Wildman–Crippen LogP) is 5.17. The van der Waals surface area contributed by atoms with Gasteiger partial charge in [-0.25, -0.2) is 4.39 Å². The summed E-state index contributed by atoms with van der Waals surface area (Å²) in [5.41, 5.74) is 1.79. The summed E-state index contributed by atoms with van der Waals surface area (Å²) in [6.07, 6.45) is 3.64. The zero-order valence-electron chi connectivity index (χ0n) is 25.7. The first kappa shape index (κ1) is 31.1. The maximum absolute atomic E-state index is 14.6. The van der Waals surface area contributed by atoms with Crippen molar-refractivity contribution < 1.29 is 13.9 Å². The van der Waals surface area contributed by atoms with Crippen LogP contribution in [0.4, 0.5) is 15.9 Å². The van der Waals surface area contributed by atoms with Crippen molar-refractivity contribution in [1.82, 2.24) is 19.8 Å². The van der Waals surface area contributed by atoms with Gasteiger partial charge in [-0.3, -0.25) is 9.69 Å². The number of fused-ring (bicyclic) bond motifs is 2. The monoisotopic (exact) mass is 631 g/mol. The van der Waals surface area contributed by atoms with Crippen molar-refractivity contribution in [3.63, 3.8) is 0 Å². The summed E-state index contributed by atoms with van der Waals surface area (Å²) in [7, 11) is 0. The Balaban J connectivity index is 1.30. The molecule has 0 aliphatic carbocycles. The highest BCUT2D eigenvalue weighted by atomic mass is 35.5. The molecule has 3 aromatic rings. The van der Waals surface area contributed by atoms with Crippen LogP contribution in [-0.4, -0.2) is 89.8 Å². The van der Waals surface area contributed by atoms with Crippen molar-refractivity contribution in [2.45, 2.75) is 50.9 Å². The van der Waals surface area contributed by atoms with Crippen molar-refractivity contribution in [1.29, 1.82) is 5.26 Å². The molecule has 1 amide bonds. The van der Waals surface area contributed by atoms with E-state index in [0.29, 0.717) is 63.7 Å². The average Bonchev–Trinajstić information content (AvgIpc) is 3.03. The second-order valence-electron chi connectivity index (χ2n) is 12.4. The molecule has 0 spiro atoms. The lowest BCUT2D eigenvalue weighted by molar-refractivity contribution is -0.128. The molecule has 2 atom stereocenters. The van der Waals surface area contributed by atoms with Crippen molar-refractivity contribution >= 4 is 39.8 Å². The standard InChI is InChI=1S/C34H39ClFN7O2/c1-3-30(44)43-18-17-42(21-25(43)11-14-37)32-26-12-16-41(29-10-5-8-24-7-4-9-27(35)31(24)29)22-28(26)38-33(39-32)45-20-19-40-15-6-13-34(2,36)23-40/h3-5,7-10,25H,1,6,11-13,15-23H2,2H3/t25-,34?/m0/s1. The molecule has 0 radical (unpaired) electrons. The molecule has 0 N–H and O–H groups in total. The highest BCUT2D eigenvalue weighted by molar-refractivity contribution is 6.36. The van der Waals surface area contributed by atoms with E-state index in [2.05, 4.69) is 45.5 Å². The number of benzene rings is 2. The Morgan fingerprint density at radius 2 is 2.02 bits per heavy atom. The number of aromatic nitrogens is 2. The lowest BCUT2D eigenvalue weighted by atomic mass is 9.97. The molecule has 3 aliphatic heterocycles. The first-order chi connectivity index (χ1) is 21.8. The Morgan fingerprint density at radius 3 is 2.80 bits per heavy atom. The van der Waals surface area contributed by atoms with Gasteiger partial charge in [0, 0.05) is 55.9 Å². The molecule has 1 aromatic heterocycles. The van der Waals surface area contributed by atoms with Crippen LogP contribution in [0.1, 0.15) is 37.4 Å². The van der Waals surface area contributed by atoms with Gasteiger partial charge in [0.2, 0.25) is 5.91 Å². The first-order valence-electron chi connectivity index (χ1n) is 15.7. The van der Waals surface area contributed by atoms with E-state index in [-0.39, 0.29) is 24.4 Å². The molecule has 6 rings (SSSR count). The van der Waals surface area contributed by atoms with Crippen molar-refractivity contribution in [3.8, 4) is 12.1 Å². The number of halogens is 2. The maximum Gasteiger partial charge on any atom is 0.318 e. The number of likely N-dealkylation sites (tertiary alicyclic amines) is 1. The van der Waals surface area contributed by atoms with E-state index in [4.69, 9.17) is 26.3 Å². The summed E-state index contributed by atoms with van der Waals surface area (Å²) in [5.74, 6) is 0.615. The van der Waals surface area contributed by atoms with Crippen LogP contribution in [0.3, 0.4) is 0 Å². The lowest BCUT2D eigenvalue weighted by Crippen LogP contribution is -2.55. The van der Waals surface area contributed by atoms with E-state index < -0.39 is 5.67 Å². The smallest absolute Gasteiger partial charge is 0.318 e. The number of piperazine rings is 1. The molecule has 2 fully saturated rings. The molecule has 45 heavy (non-hydrogen) atoms. The largest absolute Gasteiger partial charge is 0.462 e. The van der Waals surface area contributed by atoms with Gasteiger partial charge in [0.25, 0.3) is 0 Å². The van der Waals surface area contributed by atoms with E-state index >= 15 is 0 Å². The zero-order chi connectivity index (χ0) is 31.6. The fourth-order valence-electron chi connectivity index (χ4n) is 6.95. The number of carbonyl (C=O) groups excluding carboxylic acids is 1. The first-order valence-corrected chi connectivity index (χ1v) is 16.0. The third-order valence-electron chi connectivity index (χ3n) is 9.13. The number of ether oxygens (including phenoxy) is 1. The molecule has 0 bridgehead atoms. The number of hydrogen-bond acceptors (Lipinski definition) is 8. The third-order valence-corrected chi connectivity index (χ3v) is 9.44. The van der Waals surface area contributed by atoms with E-state index in [9.17, 15) is 14.4 Å². The Kier molecular flexibility index (Phi) is 9.11. The lowest BCUT2D eigenvalue weighted by Gasteiger charge is -2.42. The van der Waals surface area contributed by atoms with E-state index in [1.54, 1.807) is 11.8 Å². The van der Waals surface area contributed by atoms with Gasteiger partial charge in [0.05, 0.1) is 35.8 Å². The third kappa shape index (κ3) is 6.70. The molecular weight excluding hydrogens is 593 g/mol. The van der Waals surface area contributed by atoms with Gasteiger partial charge in [-0.15, -0.1) is 0 Å². The molecule has 2 aromatic carbocycles. The summed E-state index contributed by atoms with van der Waals surface area (Å²) < 4.78 is 20.8. The van der Waals surface area contributed by atoms with Crippen LogP contribution in [0.25, 0.3) is 10.8 Å². The Morgan fingerprint density at radius 1 is 1.20 bits per heavy atom. The quantitative estimate of drug-likeness (QED) is 0.315. The molecule has 236 valence electrons. The van der Waals surface area contributed by atoms with Crippen LogP contribution >= 0.6 is 11.6 Å². The van der Waals surface area contributed by atoms with Gasteiger partial charge in [0.1, 0.15) is 18.1 Å². The molecule has 4 heterocycles. The number of rotatable bonds is 8. The normalized spacial score (nSPS) is 22.2. The SMILES string of the molecule is C=CC(=O)N1CCN(c2nc(OCCN3CCCC(C)(F)C3)nc3c2CCN(c2cccc4cccc(Cl)c24)C3)C[C@@H]1CC#N.